The van der Waals surface area contributed by atoms with Gasteiger partial charge in [0.05, 0.1) is 27.2 Å². The van der Waals surface area contributed by atoms with Gasteiger partial charge in [-0.1, -0.05) is 136 Å². The summed E-state index contributed by atoms with van der Waals surface area (Å²) in [6, 6.07) is 0. The van der Waals surface area contributed by atoms with Gasteiger partial charge >= 0.3 is 0 Å². The number of ether oxygens (including phenoxy) is 3. The lowest BCUT2D eigenvalue weighted by atomic mass is 9.92. The van der Waals surface area contributed by atoms with E-state index in [-0.39, 0.29) is 5.92 Å². The molecule has 39 heavy (non-hydrogen) atoms. The Morgan fingerprint density at radius 1 is 0.436 bits per heavy atom. The zero-order chi connectivity index (χ0) is 29.1. The van der Waals surface area contributed by atoms with Gasteiger partial charge in [0.1, 0.15) is 0 Å². The quantitative estimate of drug-likeness (QED) is 0.0483. The van der Waals surface area contributed by atoms with Gasteiger partial charge in [0.25, 0.3) is 5.97 Å². The minimum absolute atomic E-state index is 0.272. The SMILES string of the molecule is CCCCCCCCCCCCCCCC[N+](C)(C)CCCC(CCCCCCCCC)C(OC)(OC)OC. The summed E-state index contributed by atoms with van der Waals surface area (Å²) in [5, 5.41) is 0. The number of hydrogen-bond acceptors (Lipinski definition) is 3. The largest absolute Gasteiger partial charge is 0.331 e. The minimum Gasteiger partial charge on any atom is -0.331 e. The number of rotatable bonds is 31. The summed E-state index contributed by atoms with van der Waals surface area (Å²) in [5.41, 5.74) is 0. The second kappa shape index (κ2) is 26.7. The third-order valence-electron chi connectivity index (χ3n) is 8.94. The van der Waals surface area contributed by atoms with Crippen molar-refractivity contribution in [1.29, 1.82) is 0 Å². The van der Waals surface area contributed by atoms with Crippen LogP contribution in [0.4, 0.5) is 0 Å². The monoisotopic (exact) mass is 557 g/mol. The van der Waals surface area contributed by atoms with Crippen LogP contribution in [0.15, 0.2) is 0 Å². The molecule has 0 saturated carbocycles. The molecular weight excluding hydrogens is 482 g/mol. The highest BCUT2D eigenvalue weighted by Gasteiger charge is 2.39. The molecule has 4 heteroatoms. The molecule has 0 aliphatic rings. The fourth-order valence-corrected chi connectivity index (χ4v) is 6.21. The van der Waals surface area contributed by atoms with E-state index in [4.69, 9.17) is 14.2 Å². The molecule has 236 valence electrons. The molecule has 0 heterocycles. The van der Waals surface area contributed by atoms with Crippen LogP contribution in [0.5, 0.6) is 0 Å². The van der Waals surface area contributed by atoms with E-state index in [0.717, 1.165) is 17.3 Å². The summed E-state index contributed by atoms with van der Waals surface area (Å²) >= 11 is 0. The third-order valence-corrected chi connectivity index (χ3v) is 8.94. The summed E-state index contributed by atoms with van der Waals surface area (Å²) in [5.74, 6) is -0.636. The molecule has 0 rings (SSSR count). The van der Waals surface area contributed by atoms with Crippen molar-refractivity contribution in [2.24, 2.45) is 5.92 Å². The number of quaternary nitrogens is 1. The first-order valence-corrected chi connectivity index (χ1v) is 17.4. The number of methoxy groups -OCH3 is 3. The van der Waals surface area contributed by atoms with Gasteiger partial charge in [-0.05, 0) is 32.1 Å². The van der Waals surface area contributed by atoms with Crippen molar-refractivity contribution >= 4 is 0 Å². The summed E-state index contributed by atoms with van der Waals surface area (Å²) in [6.07, 6.45) is 32.7. The lowest BCUT2D eigenvalue weighted by Crippen LogP contribution is -2.45. The molecule has 0 saturated heterocycles. The van der Waals surface area contributed by atoms with E-state index >= 15 is 0 Å². The molecule has 0 bridgehead atoms. The van der Waals surface area contributed by atoms with Gasteiger partial charge in [0.2, 0.25) is 0 Å². The Hall–Kier alpha value is -0.160. The van der Waals surface area contributed by atoms with E-state index in [2.05, 4.69) is 27.9 Å². The zero-order valence-electron chi connectivity index (χ0n) is 28.1. The third kappa shape index (κ3) is 21.2. The van der Waals surface area contributed by atoms with Crippen LogP contribution < -0.4 is 0 Å². The maximum absolute atomic E-state index is 5.80. The fourth-order valence-electron chi connectivity index (χ4n) is 6.21. The molecule has 0 aliphatic heterocycles. The molecule has 0 fully saturated rings. The summed E-state index contributed by atoms with van der Waals surface area (Å²) in [4.78, 5) is 0. The van der Waals surface area contributed by atoms with E-state index in [1.807, 2.05) is 0 Å². The maximum Gasteiger partial charge on any atom is 0.285 e. The Bertz CT molecular complexity index is 484. The molecular formula is C35H74NO3+. The molecule has 0 aromatic rings. The van der Waals surface area contributed by atoms with Gasteiger partial charge in [0, 0.05) is 27.2 Å². The van der Waals surface area contributed by atoms with Gasteiger partial charge in [-0.15, -0.1) is 0 Å². The summed E-state index contributed by atoms with van der Waals surface area (Å²) < 4.78 is 18.5. The molecule has 0 amide bonds. The Kier molecular flexibility index (Phi) is 26.6. The van der Waals surface area contributed by atoms with Crippen LogP contribution in [0.1, 0.15) is 168 Å². The van der Waals surface area contributed by atoms with Crippen molar-refractivity contribution in [3.63, 3.8) is 0 Å². The van der Waals surface area contributed by atoms with E-state index in [9.17, 15) is 0 Å². The second-order valence-corrected chi connectivity index (χ2v) is 12.9. The fraction of sp³-hybridized carbons (Fsp3) is 1.00. The molecule has 0 N–H and O–H groups in total. The van der Waals surface area contributed by atoms with Crippen LogP contribution in [0, 0.1) is 5.92 Å². The topological polar surface area (TPSA) is 27.7 Å². The smallest absolute Gasteiger partial charge is 0.285 e. The Labute approximate surface area is 246 Å². The van der Waals surface area contributed by atoms with Crippen LogP contribution in [0.25, 0.3) is 0 Å². The van der Waals surface area contributed by atoms with Crippen molar-refractivity contribution < 1.29 is 18.7 Å². The molecule has 1 unspecified atom stereocenters. The predicted molar refractivity (Wildman–Crippen MR) is 171 cm³/mol. The van der Waals surface area contributed by atoms with Crippen LogP contribution in [-0.4, -0.2) is 59.0 Å². The van der Waals surface area contributed by atoms with Crippen molar-refractivity contribution in [2.45, 2.75) is 174 Å². The van der Waals surface area contributed by atoms with Gasteiger partial charge in [-0.3, -0.25) is 0 Å². The van der Waals surface area contributed by atoms with E-state index in [1.165, 1.54) is 154 Å². The minimum atomic E-state index is -0.909. The Morgan fingerprint density at radius 3 is 1.13 bits per heavy atom. The highest BCUT2D eigenvalue weighted by molar-refractivity contribution is 4.72. The standard InChI is InChI=1S/C35H74NO3/c1-8-10-12-14-16-17-18-19-20-21-22-24-26-28-32-36(3,4)33-29-31-34(35(37-5,38-6)39-7)30-27-25-23-15-13-11-9-2/h34H,8-33H2,1-7H3/q+1. The highest BCUT2D eigenvalue weighted by Crippen LogP contribution is 2.32. The van der Waals surface area contributed by atoms with Crippen LogP contribution in [0.3, 0.4) is 0 Å². The number of unbranched alkanes of at least 4 members (excludes halogenated alkanes) is 19. The average molecular weight is 557 g/mol. The van der Waals surface area contributed by atoms with Crippen molar-refractivity contribution in [3.05, 3.63) is 0 Å². The van der Waals surface area contributed by atoms with E-state index in [1.54, 1.807) is 21.3 Å². The first-order valence-electron chi connectivity index (χ1n) is 17.4. The van der Waals surface area contributed by atoms with Crippen molar-refractivity contribution in [2.75, 3.05) is 48.5 Å². The molecule has 0 radical (unpaired) electrons. The molecule has 4 nitrogen and oxygen atoms in total. The van der Waals surface area contributed by atoms with Crippen molar-refractivity contribution in [3.8, 4) is 0 Å². The zero-order valence-corrected chi connectivity index (χ0v) is 28.1. The molecule has 0 aromatic heterocycles. The average Bonchev–Trinajstić information content (AvgIpc) is 2.93. The van der Waals surface area contributed by atoms with E-state index < -0.39 is 5.97 Å². The van der Waals surface area contributed by atoms with Crippen LogP contribution in [0.2, 0.25) is 0 Å². The summed E-state index contributed by atoms with van der Waals surface area (Å²) in [6.45, 7) is 7.07. The van der Waals surface area contributed by atoms with Crippen molar-refractivity contribution in [1.82, 2.24) is 0 Å². The first kappa shape index (κ1) is 38.8. The van der Waals surface area contributed by atoms with Gasteiger partial charge in [-0.25, -0.2) is 0 Å². The lowest BCUT2D eigenvalue weighted by Gasteiger charge is -2.37. The van der Waals surface area contributed by atoms with Crippen LogP contribution >= 0.6 is 0 Å². The predicted octanol–water partition coefficient (Wildman–Crippen LogP) is 10.7. The van der Waals surface area contributed by atoms with Gasteiger partial charge in [-0.2, -0.15) is 0 Å². The molecule has 0 spiro atoms. The normalized spacial score (nSPS) is 13.3. The number of hydrogen-bond donors (Lipinski definition) is 0. The summed E-state index contributed by atoms with van der Waals surface area (Å²) in [7, 11) is 9.98. The Balaban J connectivity index is 4.10. The highest BCUT2D eigenvalue weighted by atomic mass is 16.9. The maximum atomic E-state index is 5.80. The number of nitrogens with zero attached hydrogens (tertiary/aromatic N) is 1. The molecule has 0 aromatic carbocycles. The van der Waals surface area contributed by atoms with Crippen LogP contribution in [-0.2, 0) is 14.2 Å². The first-order chi connectivity index (χ1) is 18.9. The second-order valence-electron chi connectivity index (χ2n) is 12.9. The lowest BCUT2D eigenvalue weighted by molar-refractivity contribution is -0.890. The molecule has 1 atom stereocenters. The van der Waals surface area contributed by atoms with Gasteiger partial charge in [0.15, 0.2) is 0 Å². The molecule has 0 aliphatic carbocycles. The Morgan fingerprint density at radius 2 is 0.744 bits per heavy atom. The van der Waals surface area contributed by atoms with E-state index in [0.29, 0.717) is 0 Å². The van der Waals surface area contributed by atoms with Gasteiger partial charge < -0.3 is 18.7 Å².